The SMILES string of the molecule is CCCCOc1cccc(C2C3=C(OC4CCCCC4C3=O)C(=O)N2c2nc(C)c(C(=O)OC)s2)c1. The average Bonchev–Trinajstić information content (AvgIpc) is 3.41. The fourth-order valence-electron chi connectivity index (χ4n) is 5.23. The lowest BCUT2D eigenvalue weighted by molar-refractivity contribution is -0.131. The van der Waals surface area contributed by atoms with Gasteiger partial charge in [-0.1, -0.05) is 43.2 Å². The van der Waals surface area contributed by atoms with E-state index in [4.69, 9.17) is 14.2 Å². The number of hydrogen-bond acceptors (Lipinski definition) is 8. The molecule has 1 aromatic heterocycles. The summed E-state index contributed by atoms with van der Waals surface area (Å²) in [4.78, 5) is 46.3. The first-order valence-corrected chi connectivity index (χ1v) is 13.3. The lowest BCUT2D eigenvalue weighted by Gasteiger charge is -2.35. The third kappa shape index (κ3) is 4.19. The maximum atomic E-state index is 13.8. The molecule has 190 valence electrons. The zero-order chi connectivity index (χ0) is 25.4. The number of methoxy groups -OCH3 is 1. The summed E-state index contributed by atoms with van der Waals surface area (Å²) in [6.45, 7) is 4.39. The standard InChI is InChI=1S/C27H30N2O6S/c1-4-5-13-34-17-10-8-9-16(14-17)21-20-22(30)18-11-6-7-12-19(18)35-23(20)25(31)29(21)27-28-15(2)24(36-27)26(32)33-3/h8-10,14,18-19,21H,4-7,11-13H2,1-3H3. The summed E-state index contributed by atoms with van der Waals surface area (Å²) >= 11 is 1.08. The van der Waals surface area contributed by atoms with Crippen LogP contribution in [-0.4, -0.2) is 42.5 Å². The van der Waals surface area contributed by atoms with E-state index in [1.807, 2.05) is 24.3 Å². The number of hydrogen-bond donors (Lipinski definition) is 0. The van der Waals surface area contributed by atoms with Gasteiger partial charge in [-0.05, 0) is 50.3 Å². The van der Waals surface area contributed by atoms with Gasteiger partial charge in [0.25, 0.3) is 5.91 Å². The maximum Gasteiger partial charge on any atom is 0.350 e. The van der Waals surface area contributed by atoms with Gasteiger partial charge in [-0.2, -0.15) is 0 Å². The van der Waals surface area contributed by atoms with Crippen molar-refractivity contribution >= 4 is 34.1 Å². The van der Waals surface area contributed by atoms with Gasteiger partial charge >= 0.3 is 5.97 Å². The number of carbonyl (C=O) groups is 3. The van der Waals surface area contributed by atoms with Gasteiger partial charge in [0.05, 0.1) is 36.9 Å². The van der Waals surface area contributed by atoms with E-state index in [-0.39, 0.29) is 23.6 Å². The highest BCUT2D eigenvalue weighted by molar-refractivity contribution is 7.17. The second-order valence-electron chi connectivity index (χ2n) is 9.41. The molecule has 1 amide bonds. The number of unbranched alkanes of at least 4 members (excludes halogenated alkanes) is 1. The molecule has 3 atom stereocenters. The summed E-state index contributed by atoms with van der Waals surface area (Å²) in [5.41, 5.74) is 1.58. The minimum Gasteiger partial charge on any atom is -0.494 e. The van der Waals surface area contributed by atoms with Gasteiger partial charge in [-0.25, -0.2) is 9.78 Å². The Morgan fingerprint density at radius 3 is 2.83 bits per heavy atom. The summed E-state index contributed by atoms with van der Waals surface area (Å²) in [7, 11) is 1.31. The van der Waals surface area contributed by atoms with Crippen LogP contribution in [0.4, 0.5) is 5.13 Å². The molecule has 2 aromatic rings. The van der Waals surface area contributed by atoms with Gasteiger partial charge in [0.2, 0.25) is 0 Å². The summed E-state index contributed by atoms with van der Waals surface area (Å²) < 4.78 is 17.1. The van der Waals surface area contributed by atoms with Crippen LogP contribution in [0.3, 0.4) is 0 Å². The molecule has 0 radical (unpaired) electrons. The van der Waals surface area contributed by atoms with E-state index >= 15 is 0 Å². The molecule has 1 aliphatic carbocycles. The van der Waals surface area contributed by atoms with Crippen molar-refractivity contribution in [2.24, 2.45) is 5.92 Å². The van der Waals surface area contributed by atoms with Crippen LogP contribution < -0.4 is 9.64 Å². The van der Waals surface area contributed by atoms with Crippen molar-refractivity contribution in [2.75, 3.05) is 18.6 Å². The van der Waals surface area contributed by atoms with Crippen LogP contribution in [0.15, 0.2) is 35.6 Å². The van der Waals surface area contributed by atoms with E-state index in [0.29, 0.717) is 33.6 Å². The van der Waals surface area contributed by atoms with Crippen LogP contribution in [0.25, 0.3) is 0 Å². The van der Waals surface area contributed by atoms with Gasteiger partial charge in [-0.3, -0.25) is 14.5 Å². The van der Waals surface area contributed by atoms with Crippen molar-refractivity contribution in [1.82, 2.24) is 4.98 Å². The maximum absolute atomic E-state index is 13.8. The molecule has 0 bridgehead atoms. The number of nitrogens with zero attached hydrogens (tertiary/aromatic N) is 2. The smallest absolute Gasteiger partial charge is 0.350 e. The first kappa shape index (κ1) is 24.5. The Morgan fingerprint density at radius 2 is 2.06 bits per heavy atom. The molecule has 1 saturated carbocycles. The van der Waals surface area contributed by atoms with Gasteiger partial charge < -0.3 is 14.2 Å². The van der Waals surface area contributed by atoms with Crippen LogP contribution in [0.5, 0.6) is 5.75 Å². The molecule has 1 fully saturated rings. The Morgan fingerprint density at radius 1 is 1.25 bits per heavy atom. The number of esters is 1. The van der Waals surface area contributed by atoms with E-state index in [9.17, 15) is 14.4 Å². The highest BCUT2D eigenvalue weighted by Crippen LogP contribution is 2.49. The molecule has 3 heterocycles. The molecule has 2 aliphatic heterocycles. The number of aromatic nitrogens is 1. The number of anilines is 1. The molecule has 1 aromatic carbocycles. The largest absolute Gasteiger partial charge is 0.494 e. The Bertz CT molecular complexity index is 1230. The fraction of sp³-hybridized carbons (Fsp3) is 0.481. The molecule has 3 aliphatic rings. The molecule has 9 heteroatoms. The van der Waals surface area contributed by atoms with Crippen LogP contribution in [0.1, 0.15) is 72.4 Å². The number of rotatable bonds is 7. The van der Waals surface area contributed by atoms with Crippen molar-refractivity contribution in [3.63, 3.8) is 0 Å². The highest BCUT2D eigenvalue weighted by atomic mass is 32.1. The number of ether oxygens (including phenoxy) is 3. The molecule has 0 N–H and O–H groups in total. The third-order valence-corrected chi connectivity index (χ3v) is 8.20. The predicted molar refractivity (Wildman–Crippen MR) is 134 cm³/mol. The molecule has 0 spiro atoms. The number of benzene rings is 1. The topological polar surface area (TPSA) is 95.0 Å². The molecular weight excluding hydrogens is 480 g/mol. The molecular formula is C27H30N2O6S. The van der Waals surface area contributed by atoms with Gasteiger partial charge in [0.15, 0.2) is 16.7 Å². The van der Waals surface area contributed by atoms with Gasteiger partial charge in [-0.15, -0.1) is 0 Å². The first-order chi connectivity index (χ1) is 17.4. The van der Waals surface area contributed by atoms with Crippen LogP contribution in [0, 0.1) is 12.8 Å². The zero-order valence-electron chi connectivity index (χ0n) is 20.7. The second-order valence-corrected chi connectivity index (χ2v) is 10.4. The first-order valence-electron chi connectivity index (χ1n) is 12.5. The molecule has 0 saturated heterocycles. The Balaban J connectivity index is 1.60. The van der Waals surface area contributed by atoms with Crippen LogP contribution in [0.2, 0.25) is 0 Å². The zero-order valence-corrected chi connectivity index (χ0v) is 21.6. The minimum absolute atomic E-state index is 0.0272. The normalized spacial score (nSPS) is 23.3. The Kier molecular flexibility index (Phi) is 6.83. The average molecular weight is 511 g/mol. The predicted octanol–water partition coefficient (Wildman–Crippen LogP) is 4.92. The second kappa shape index (κ2) is 10.0. The third-order valence-electron chi connectivity index (χ3n) is 7.07. The Hall–Kier alpha value is -3.20. The van der Waals surface area contributed by atoms with Gasteiger partial charge in [0, 0.05) is 0 Å². The number of fused-ring (bicyclic) bond motifs is 1. The van der Waals surface area contributed by atoms with E-state index < -0.39 is 17.9 Å². The number of carbonyl (C=O) groups excluding carboxylic acids is 3. The number of ketones is 1. The molecule has 8 nitrogen and oxygen atoms in total. The van der Waals surface area contributed by atoms with Gasteiger partial charge in [0.1, 0.15) is 16.7 Å². The van der Waals surface area contributed by atoms with Crippen molar-refractivity contribution in [1.29, 1.82) is 0 Å². The monoisotopic (exact) mass is 510 g/mol. The summed E-state index contributed by atoms with van der Waals surface area (Å²) in [6.07, 6.45) is 5.12. The van der Waals surface area contributed by atoms with Crippen LogP contribution in [-0.2, 0) is 19.1 Å². The van der Waals surface area contributed by atoms with Crippen molar-refractivity contribution in [2.45, 2.75) is 64.5 Å². The molecule has 3 unspecified atom stereocenters. The quantitative estimate of drug-likeness (QED) is 0.385. The highest BCUT2D eigenvalue weighted by Gasteiger charge is 2.53. The summed E-state index contributed by atoms with van der Waals surface area (Å²) in [6, 6.07) is 6.78. The van der Waals surface area contributed by atoms with E-state index in [1.165, 1.54) is 12.0 Å². The number of thiazole rings is 1. The van der Waals surface area contributed by atoms with Crippen molar-refractivity contribution in [3.05, 3.63) is 51.7 Å². The minimum atomic E-state index is -0.714. The lowest BCUT2D eigenvalue weighted by atomic mass is 9.77. The number of Topliss-reactive ketones (excluding diaryl/α,β-unsaturated/α-hetero) is 1. The molecule has 36 heavy (non-hydrogen) atoms. The summed E-state index contributed by atoms with van der Waals surface area (Å²) in [5, 5.41) is 0.328. The van der Waals surface area contributed by atoms with E-state index in [1.54, 1.807) is 6.92 Å². The Labute approximate surface area is 214 Å². The fourth-order valence-corrected chi connectivity index (χ4v) is 6.25. The van der Waals surface area contributed by atoms with Crippen molar-refractivity contribution in [3.8, 4) is 5.75 Å². The lowest BCUT2D eigenvalue weighted by Crippen LogP contribution is -2.39. The van der Waals surface area contributed by atoms with E-state index in [2.05, 4.69) is 11.9 Å². The van der Waals surface area contributed by atoms with E-state index in [0.717, 1.165) is 55.4 Å². The number of aryl methyl sites for hydroxylation is 1. The molecule has 5 rings (SSSR count). The van der Waals surface area contributed by atoms with Crippen LogP contribution >= 0.6 is 11.3 Å². The number of amides is 1. The van der Waals surface area contributed by atoms with Crippen molar-refractivity contribution < 1.29 is 28.6 Å². The summed E-state index contributed by atoms with van der Waals surface area (Å²) in [5.74, 6) is -0.414.